The van der Waals surface area contributed by atoms with Crippen LogP contribution in [-0.2, 0) is 0 Å². The molecule has 2 aromatic rings. The van der Waals surface area contributed by atoms with Crippen molar-refractivity contribution in [2.45, 2.75) is 0 Å². The smallest absolute Gasteiger partial charge is 0.123 e. The molecule has 2 aromatic carbocycles. The molecule has 2 rings (SSSR count). The van der Waals surface area contributed by atoms with Crippen LogP contribution in [0.1, 0.15) is 5.56 Å². The van der Waals surface area contributed by atoms with Crippen LogP contribution in [0.3, 0.4) is 0 Å². The summed E-state index contributed by atoms with van der Waals surface area (Å²) in [6, 6.07) is 13.3. The molecule has 21 heavy (non-hydrogen) atoms. The van der Waals surface area contributed by atoms with Crippen molar-refractivity contribution in [2.24, 2.45) is 5.73 Å². The molecule has 0 radical (unpaired) electrons. The monoisotopic (exact) mass is 285 g/mol. The highest BCUT2D eigenvalue weighted by atomic mass is 19.1. The Kier molecular flexibility index (Phi) is 5.62. The molecule has 0 heterocycles. The van der Waals surface area contributed by atoms with Gasteiger partial charge in [-0.25, -0.2) is 4.39 Å². The molecule has 0 atom stereocenters. The van der Waals surface area contributed by atoms with Crippen LogP contribution in [0.5, 0.6) is 11.5 Å². The van der Waals surface area contributed by atoms with Crippen LogP contribution < -0.4 is 15.2 Å². The van der Waals surface area contributed by atoms with E-state index in [0.717, 1.165) is 11.3 Å². The van der Waals surface area contributed by atoms with Crippen molar-refractivity contribution in [1.29, 1.82) is 0 Å². The van der Waals surface area contributed by atoms with Crippen LogP contribution in [0.25, 0.3) is 0 Å². The lowest BCUT2D eigenvalue weighted by Crippen LogP contribution is -2.09. The standard InChI is InChI=1S/C17H16FNO2/c18-15-6-8-16(9-7-15)20-11-12-21-17-5-1-3-14(13-17)4-2-10-19/h1,3,5-9,13H,10-12,19H2. The molecule has 0 fully saturated rings. The minimum Gasteiger partial charge on any atom is -0.490 e. The number of hydrogen-bond donors (Lipinski definition) is 1. The molecular weight excluding hydrogens is 269 g/mol. The Morgan fingerprint density at radius 3 is 2.38 bits per heavy atom. The van der Waals surface area contributed by atoms with Gasteiger partial charge in [0.2, 0.25) is 0 Å². The zero-order valence-corrected chi connectivity index (χ0v) is 11.5. The summed E-state index contributed by atoms with van der Waals surface area (Å²) in [5.41, 5.74) is 6.19. The Hall–Kier alpha value is -2.51. The van der Waals surface area contributed by atoms with Crippen molar-refractivity contribution < 1.29 is 13.9 Å². The summed E-state index contributed by atoms with van der Waals surface area (Å²) in [6.45, 7) is 1.10. The van der Waals surface area contributed by atoms with Crippen LogP contribution in [0, 0.1) is 17.7 Å². The van der Waals surface area contributed by atoms with Gasteiger partial charge < -0.3 is 15.2 Å². The SMILES string of the molecule is NCC#Cc1cccc(OCCOc2ccc(F)cc2)c1. The van der Waals surface area contributed by atoms with Gasteiger partial charge >= 0.3 is 0 Å². The van der Waals surface area contributed by atoms with Gasteiger partial charge in [0.05, 0.1) is 6.54 Å². The molecule has 0 saturated carbocycles. The third-order valence-corrected chi connectivity index (χ3v) is 2.60. The van der Waals surface area contributed by atoms with Crippen molar-refractivity contribution >= 4 is 0 Å². The van der Waals surface area contributed by atoms with Crippen LogP contribution in [0.2, 0.25) is 0 Å². The highest BCUT2D eigenvalue weighted by Gasteiger charge is 1.97. The van der Waals surface area contributed by atoms with E-state index in [4.69, 9.17) is 15.2 Å². The molecule has 2 N–H and O–H groups in total. The molecule has 108 valence electrons. The van der Waals surface area contributed by atoms with E-state index in [0.29, 0.717) is 25.5 Å². The van der Waals surface area contributed by atoms with Crippen LogP contribution in [0.15, 0.2) is 48.5 Å². The number of hydrogen-bond acceptors (Lipinski definition) is 3. The van der Waals surface area contributed by atoms with E-state index in [9.17, 15) is 4.39 Å². The third-order valence-electron chi connectivity index (χ3n) is 2.60. The first kappa shape index (κ1) is 14.9. The second-order valence-electron chi connectivity index (χ2n) is 4.18. The number of halogens is 1. The minimum absolute atomic E-state index is 0.283. The van der Waals surface area contributed by atoms with Crippen molar-refractivity contribution in [2.75, 3.05) is 19.8 Å². The van der Waals surface area contributed by atoms with Crippen molar-refractivity contribution in [3.05, 3.63) is 59.9 Å². The summed E-state index contributed by atoms with van der Waals surface area (Å²) >= 11 is 0. The summed E-state index contributed by atoms with van der Waals surface area (Å²) in [4.78, 5) is 0. The normalized spacial score (nSPS) is 9.62. The molecule has 0 saturated heterocycles. The van der Waals surface area contributed by atoms with Crippen LogP contribution >= 0.6 is 0 Å². The van der Waals surface area contributed by atoms with E-state index in [-0.39, 0.29) is 5.82 Å². The first-order valence-electron chi connectivity index (χ1n) is 6.58. The molecule has 0 unspecified atom stereocenters. The minimum atomic E-state index is -0.283. The lowest BCUT2D eigenvalue weighted by Gasteiger charge is -2.08. The summed E-state index contributed by atoms with van der Waals surface area (Å²) < 4.78 is 23.7. The van der Waals surface area contributed by atoms with Gasteiger partial charge in [-0.15, -0.1) is 0 Å². The largest absolute Gasteiger partial charge is 0.490 e. The fourth-order valence-electron chi connectivity index (χ4n) is 1.67. The summed E-state index contributed by atoms with van der Waals surface area (Å²) in [5, 5.41) is 0. The highest BCUT2D eigenvalue weighted by Crippen LogP contribution is 2.13. The van der Waals surface area contributed by atoms with E-state index in [2.05, 4.69) is 11.8 Å². The van der Waals surface area contributed by atoms with Gasteiger partial charge in [0.25, 0.3) is 0 Å². The van der Waals surface area contributed by atoms with E-state index >= 15 is 0 Å². The lowest BCUT2D eigenvalue weighted by molar-refractivity contribution is 0.217. The third kappa shape index (κ3) is 5.17. The van der Waals surface area contributed by atoms with Gasteiger partial charge in [0, 0.05) is 5.56 Å². The molecule has 0 amide bonds. The first-order chi connectivity index (χ1) is 10.3. The Balaban J connectivity index is 1.79. The zero-order chi connectivity index (χ0) is 14.9. The average molecular weight is 285 g/mol. The van der Waals surface area contributed by atoms with E-state index in [1.54, 1.807) is 12.1 Å². The van der Waals surface area contributed by atoms with Gasteiger partial charge in [-0.3, -0.25) is 0 Å². The van der Waals surface area contributed by atoms with E-state index in [1.807, 2.05) is 24.3 Å². The fraction of sp³-hybridized carbons (Fsp3) is 0.176. The Morgan fingerprint density at radius 1 is 0.952 bits per heavy atom. The predicted octanol–water partition coefficient (Wildman–Crippen LogP) is 2.59. The molecule has 0 aromatic heterocycles. The molecule has 0 spiro atoms. The number of benzene rings is 2. The van der Waals surface area contributed by atoms with Crippen LogP contribution in [0.4, 0.5) is 4.39 Å². The topological polar surface area (TPSA) is 44.5 Å². The average Bonchev–Trinajstić information content (AvgIpc) is 2.52. The molecular formula is C17H16FNO2. The maximum Gasteiger partial charge on any atom is 0.123 e. The van der Waals surface area contributed by atoms with E-state index in [1.165, 1.54) is 12.1 Å². The van der Waals surface area contributed by atoms with Crippen LogP contribution in [-0.4, -0.2) is 19.8 Å². The summed E-state index contributed by atoms with van der Waals surface area (Å²) in [7, 11) is 0. The summed E-state index contributed by atoms with van der Waals surface area (Å²) in [5.74, 6) is 6.79. The fourth-order valence-corrected chi connectivity index (χ4v) is 1.67. The van der Waals surface area contributed by atoms with Gasteiger partial charge in [-0.2, -0.15) is 0 Å². The number of ether oxygens (including phenoxy) is 2. The van der Waals surface area contributed by atoms with E-state index < -0.39 is 0 Å². The van der Waals surface area contributed by atoms with Gasteiger partial charge in [0.15, 0.2) is 0 Å². The quantitative estimate of drug-likeness (QED) is 0.678. The Labute approximate surface area is 123 Å². The summed E-state index contributed by atoms with van der Waals surface area (Å²) in [6.07, 6.45) is 0. The second-order valence-corrected chi connectivity index (χ2v) is 4.18. The maximum absolute atomic E-state index is 12.7. The maximum atomic E-state index is 12.7. The molecule has 4 heteroatoms. The number of rotatable bonds is 5. The molecule has 3 nitrogen and oxygen atoms in total. The Bertz CT molecular complexity index is 629. The van der Waals surface area contributed by atoms with Gasteiger partial charge in [-0.05, 0) is 42.5 Å². The molecule has 0 aliphatic rings. The Morgan fingerprint density at radius 2 is 1.67 bits per heavy atom. The predicted molar refractivity (Wildman–Crippen MR) is 79.8 cm³/mol. The second kappa shape index (κ2) is 7.93. The molecule has 0 aliphatic carbocycles. The molecule has 0 aliphatic heterocycles. The highest BCUT2D eigenvalue weighted by molar-refractivity contribution is 5.39. The number of nitrogens with two attached hydrogens (primary N) is 1. The molecule has 0 bridgehead atoms. The van der Waals surface area contributed by atoms with Gasteiger partial charge in [0.1, 0.15) is 30.5 Å². The van der Waals surface area contributed by atoms with Crippen molar-refractivity contribution in [3.8, 4) is 23.3 Å². The van der Waals surface area contributed by atoms with Crippen molar-refractivity contribution in [1.82, 2.24) is 0 Å². The van der Waals surface area contributed by atoms with Gasteiger partial charge in [-0.1, -0.05) is 17.9 Å². The van der Waals surface area contributed by atoms with Crippen molar-refractivity contribution in [3.63, 3.8) is 0 Å². The zero-order valence-electron chi connectivity index (χ0n) is 11.5. The lowest BCUT2D eigenvalue weighted by atomic mass is 10.2. The first-order valence-corrected chi connectivity index (χ1v) is 6.58.